The Morgan fingerprint density at radius 3 is 2.28 bits per heavy atom. The van der Waals surface area contributed by atoms with Gasteiger partial charge in [0.2, 0.25) is 5.91 Å². The summed E-state index contributed by atoms with van der Waals surface area (Å²) in [5, 5.41) is 12.2. The Bertz CT molecular complexity index is 771. The van der Waals surface area contributed by atoms with Crippen molar-refractivity contribution in [2.75, 3.05) is 65.6 Å². The first-order chi connectivity index (χ1) is 15.7. The van der Waals surface area contributed by atoms with Crippen LogP contribution < -0.4 is 5.32 Å². The molecule has 1 amide bonds. The van der Waals surface area contributed by atoms with Gasteiger partial charge in [-0.15, -0.1) is 0 Å². The predicted octanol–water partition coefficient (Wildman–Crippen LogP) is 1.83. The summed E-state index contributed by atoms with van der Waals surface area (Å²) in [5.74, 6) is 0.156. The monoisotopic (exact) mass is 439 g/mol. The second-order valence-corrected chi connectivity index (χ2v) is 9.52. The fraction of sp³-hybridized carbons (Fsp3) is 0.680. The van der Waals surface area contributed by atoms with Crippen LogP contribution in [-0.2, 0) is 16.1 Å². The van der Waals surface area contributed by atoms with Crippen molar-refractivity contribution < 1.29 is 9.53 Å². The zero-order valence-corrected chi connectivity index (χ0v) is 19.2. The van der Waals surface area contributed by atoms with Crippen molar-refractivity contribution in [3.63, 3.8) is 0 Å². The third-order valence-electron chi connectivity index (χ3n) is 7.40. The van der Waals surface area contributed by atoms with Gasteiger partial charge in [-0.25, -0.2) is 0 Å². The minimum Gasteiger partial charge on any atom is -0.379 e. The molecule has 174 valence electrons. The Labute approximate surface area is 192 Å². The molecule has 1 aliphatic carbocycles. The van der Waals surface area contributed by atoms with Crippen LogP contribution in [0, 0.1) is 11.3 Å². The van der Waals surface area contributed by atoms with Crippen molar-refractivity contribution in [2.45, 2.75) is 44.2 Å². The summed E-state index contributed by atoms with van der Waals surface area (Å²) in [4.78, 5) is 20.0. The third kappa shape index (κ3) is 6.08. The first kappa shape index (κ1) is 23.2. The molecule has 3 aliphatic rings. The molecule has 0 radical (unpaired) electrons. The van der Waals surface area contributed by atoms with Gasteiger partial charge < -0.3 is 10.1 Å². The first-order valence-corrected chi connectivity index (χ1v) is 12.2. The molecule has 0 aromatic heterocycles. The molecule has 3 fully saturated rings. The van der Waals surface area contributed by atoms with E-state index in [9.17, 15) is 4.79 Å². The molecule has 1 N–H and O–H groups in total. The van der Waals surface area contributed by atoms with Crippen molar-refractivity contribution in [2.24, 2.45) is 0 Å². The molecule has 2 heterocycles. The van der Waals surface area contributed by atoms with E-state index in [-0.39, 0.29) is 11.4 Å². The Balaban J connectivity index is 1.21. The molecule has 2 saturated heterocycles. The standard InChI is InChI=1S/C25H37N5O2/c26-18-22-4-6-23(7-5-22)19-28-10-12-29(13-11-28)20-24(31)27-21-25(8-2-1-3-9-25)30-14-16-32-17-15-30/h4-7H,1-3,8-17,19-21H2,(H,27,31). The molecule has 7 nitrogen and oxygen atoms in total. The highest BCUT2D eigenvalue weighted by Gasteiger charge is 2.38. The SMILES string of the molecule is N#Cc1ccc(CN2CCN(CC(=O)NCC3(N4CCOCC4)CCCCC3)CC2)cc1. The van der Waals surface area contributed by atoms with Gasteiger partial charge >= 0.3 is 0 Å². The van der Waals surface area contributed by atoms with Gasteiger partial charge in [0.1, 0.15) is 0 Å². The molecule has 0 spiro atoms. The summed E-state index contributed by atoms with van der Waals surface area (Å²) in [6, 6.07) is 10.0. The largest absolute Gasteiger partial charge is 0.379 e. The Morgan fingerprint density at radius 1 is 0.969 bits per heavy atom. The lowest BCUT2D eigenvalue weighted by atomic mass is 9.79. The molecule has 0 unspecified atom stereocenters. The molecule has 1 aromatic rings. The number of nitriles is 1. The summed E-state index contributed by atoms with van der Waals surface area (Å²) in [5.41, 5.74) is 2.06. The number of hydrogen-bond donors (Lipinski definition) is 1. The fourth-order valence-electron chi connectivity index (χ4n) is 5.42. The molecule has 2 aliphatic heterocycles. The van der Waals surface area contributed by atoms with Crippen LogP contribution in [0.3, 0.4) is 0 Å². The molecular formula is C25H37N5O2. The van der Waals surface area contributed by atoms with Crippen molar-refractivity contribution in [3.8, 4) is 6.07 Å². The van der Waals surface area contributed by atoms with Gasteiger partial charge in [0, 0.05) is 57.9 Å². The van der Waals surface area contributed by atoms with Gasteiger partial charge in [0.05, 0.1) is 31.4 Å². The zero-order chi connectivity index (χ0) is 22.2. The van der Waals surface area contributed by atoms with Gasteiger partial charge in [-0.05, 0) is 30.5 Å². The second kappa shape index (κ2) is 11.2. The first-order valence-electron chi connectivity index (χ1n) is 12.2. The van der Waals surface area contributed by atoms with Gasteiger partial charge in [0.25, 0.3) is 0 Å². The molecule has 0 atom stereocenters. The molecular weight excluding hydrogens is 402 g/mol. The van der Waals surface area contributed by atoms with E-state index in [0.29, 0.717) is 12.1 Å². The normalized spacial score (nSPS) is 22.8. The smallest absolute Gasteiger partial charge is 0.234 e. The number of piperazine rings is 1. The van der Waals surface area contributed by atoms with E-state index in [1.165, 1.54) is 37.7 Å². The van der Waals surface area contributed by atoms with E-state index in [2.05, 4.69) is 26.1 Å². The number of carbonyl (C=O) groups excluding carboxylic acids is 1. The average molecular weight is 440 g/mol. The summed E-state index contributed by atoms with van der Waals surface area (Å²) in [6.07, 6.45) is 6.19. The number of morpholine rings is 1. The van der Waals surface area contributed by atoms with Crippen LogP contribution in [0.15, 0.2) is 24.3 Å². The van der Waals surface area contributed by atoms with Crippen molar-refractivity contribution in [1.82, 2.24) is 20.0 Å². The Kier molecular flexibility index (Phi) is 8.15. The highest BCUT2D eigenvalue weighted by molar-refractivity contribution is 5.78. The number of ether oxygens (including phenoxy) is 1. The third-order valence-corrected chi connectivity index (χ3v) is 7.40. The topological polar surface area (TPSA) is 71.8 Å². The maximum atomic E-state index is 12.8. The Hall–Kier alpha value is -1.98. The van der Waals surface area contributed by atoms with Crippen LogP contribution in [0.5, 0.6) is 0 Å². The molecule has 1 saturated carbocycles. The van der Waals surface area contributed by atoms with E-state index in [1.54, 1.807) is 0 Å². The maximum Gasteiger partial charge on any atom is 0.234 e. The summed E-state index contributed by atoms with van der Waals surface area (Å²) in [6.45, 7) is 9.49. The van der Waals surface area contributed by atoms with E-state index >= 15 is 0 Å². The predicted molar refractivity (Wildman–Crippen MR) is 124 cm³/mol. The number of benzene rings is 1. The second-order valence-electron chi connectivity index (χ2n) is 9.52. The van der Waals surface area contributed by atoms with Crippen molar-refractivity contribution in [3.05, 3.63) is 35.4 Å². The molecule has 0 bridgehead atoms. The van der Waals surface area contributed by atoms with E-state index in [4.69, 9.17) is 10.00 Å². The summed E-state index contributed by atoms with van der Waals surface area (Å²) < 4.78 is 5.57. The Morgan fingerprint density at radius 2 is 1.62 bits per heavy atom. The van der Waals surface area contributed by atoms with Gasteiger partial charge in [-0.2, -0.15) is 5.26 Å². The maximum absolute atomic E-state index is 12.8. The number of nitrogens with one attached hydrogen (secondary N) is 1. The minimum atomic E-state index is 0.123. The van der Waals surface area contributed by atoms with Crippen LogP contribution in [-0.4, -0.2) is 91.7 Å². The van der Waals surface area contributed by atoms with Crippen LogP contribution in [0.2, 0.25) is 0 Å². The van der Waals surface area contributed by atoms with E-state index < -0.39 is 0 Å². The lowest BCUT2D eigenvalue weighted by Crippen LogP contribution is -2.60. The van der Waals surface area contributed by atoms with E-state index in [1.807, 2.05) is 24.3 Å². The number of nitrogens with zero attached hydrogens (tertiary/aromatic N) is 4. The van der Waals surface area contributed by atoms with Crippen LogP contribution in [0.1, 0.15) is 43.2 Å². The van der Waals surface area contributed by atoms with Gasteiger partial charge in [0.15, 0.2) is 0 Å². The number of hydrogen-bond acceptors (Lipinski definition) is 6. The molecule has 1 aromatic carbocycles. The number of carbonyl (C=O) groups is 1. The minimum absolute atomic E-state index is 0.123. The number of amides is 1. The van der Waals surface area contributed by atoms with E-state index in [0.717, 1.165) is 65.6 Å². The zero-order valence-electron chi connectivity index (χ0n) is 19.2. The van der Waals surface area contributed by atoms with Crippen LogP contribution in [0.4, 0.5) is 0 Å². The lowest BCUT2D eigenvalue weighted by Gasteiger charge is -2.48. The molecule has 7 heteroatoms. The van der Waals surface area contributed by atoms with Crippen molar-refractivity contribution in [1.29, 1.82) is 5.26 Å². The summed E-state index contributed by atoms with van der Waals surface area (Å²) >= 11 is 0. The molecule has 32 heavy (non-hydrogen) atoms. The average Bonchev–Trinajstić information content (AvgIpc) is 2.86. The quantitative estimate of drug-likeness (QED) is 0.699. The number of rotatable bonds is 7. The lowest BCUT2D eigenvalue weighted by molar-refractivity contribution is -0.124. The summed E-state index contributed by atoms with van der Waals surface area (Å²) in [7, 11) is 0. The highest BCUT2D eigenvalue weighted by atomic mass is 16.5. The van der Waals surface area contributed by atoms with Crippen LogP contribution in [0.25, 0.3) is 0 Å². The highest BCUT2D eigenvalue weighted by Crippen LogP contribution is 2.33. The fourth-order valence-corrected chi connectivity index (χ4v) is 5.42. The van der Waals surface area contributed by atoms with Crippen molar-refractivity contribution >= 4 is 5.91 Å². The van der Waals surface area contributed by atoms with Gasteiger partial charge in [-0.1, -0.05) is 31.4 Å². The van der Waals surface area contributed by atoms with Gasteiger partial charge in [-0.3, -0.25) is 19.5 Å². The van der Waals surface area contributed by atoms with Crippen LogP contribution >= 0.6 is 0 Å². The molecule has 4 rings (SSSR count).